The molecule has 1 unspecified atom stereocenters. The van der Waals surface area contributed by atoms with E-state index >= 15 is 0 Å². The summed E-state index contributed by atoms with van der Waals surface area (Å²) in [6.45, 7) is 0. The van der Waals surface area contributed by atoms with E-state index < -0.39 is 40.5 Å². The van der Waals surface area contributed by atoms with Crippen LogP contribution >= 0.6 is 0 Å². The van der Waals surface area contributed by atoms with Crippen LogP contribution in [0.4, 0.5) is 18.0 Å². The number of primary amides is 1. The summed E-state index contributed by atoms with van der Waals surface area (Å²) < 4.78 is 50.4. The monoisotopic (exact) mass is 506 g/mol. The van der Waals surface area contributed by atoms with Gasteiger partial charge in [-0.25, -0.2) is 14.3 Å². The highest BCUT2D eigenvalue weighted by Gasteiger charge is 2.58. The van der Waals surface area contributed by atoms with Gasteiger partial charge in [0.25, 0.3) is 0 Å². The van der Waals surface area contributed by atoms with E-state index in [2.05, 4.69) is 14.8 Å². The minimum absolute atomic E-state index is 0.0776. The lowest BCUT2D eigenvalue weighted by atomic mass is 9.81. The van der Waals surface area contributed by atoms with Crippen molar-refractivity contribution in [1.82, 2.24) is 14.8 Å². The maximum atomic E-state index is 14.8. The molecular weight excluding hydrogens is 489 g/mol. The predicted molar refractivity (Wildman–Crippen MR) is 127 cm³/mol. The van der Waals surface area contributed by atoms with Gasteiger partial charge in [0, 0.05) is 22.5 Å². The van der Waals surface area contributed by atoms with Crippen molar-refractivity contribution in [1.29, 1.82) is 0 Å². The fraction of sp³-hybridized carbons (Fsp3) is 0.0769. The molecule has 37 heavy (non-hydrogen) atoms. The summed E-state index contributed by atoms with van der Waals surface area (Å²) >= 11 is 0. The van der Waals surface area contributed by atoms with Crippen LogP contribution in [0.15, 0.2) is 85.2 Å². The van der Waals surface area contributed by atoms with Crippen molar-refractivity contribution >= 4 is 33.9 Å². The Kier molecular flexibility index (Phi) is 5.64. The topological polar surface area (TPSA) is 120 Å². The Morgan fingerprint density at radius 3 is 2.35 bits per heavy atom. The smallest absolute Gasteiger partial charge is 0.373 e. The highest BCUT2D eigenvalue weighted by atomic mass is 19.4. The quantitative estimate of drug-likeness (QED) is 0.271. The zero-order valence-corrected chi connectivity index (χ0v) is 18.8. The number of nitrogens with two attached hydrogens (primary N) is 1. The van der Waals surface area contributed by atoms with Gasteiger partial charge < -0.3 is 15.6 Å². The lowest BCUT2D eigenvalue weighted by Crippen LogP contribution is -2.45. The molecular formula is C26H17F3N4O4. The lowest BCUT2D eigenvalue weighted by Gasteiger charge is -2.33. The number of aliphatic hydroxyl groups is 1. The third kappa shape index (κ3) is 3.95. The van der Waals surface area contributed by atoms with E-state index in [0.717, 1.165) is 18.3 Å². The Labute approximate surface area is 206 Å². The molecule has 5 rings (SSSR count). The Hall–Kier alpha value is -4.77. The zero-order chi connectivity index (χ0) is 26.4. The predicted octanol–water partition coefficient (Wildman–Crippen LogP) is 4.61. The average molecular weight is 506 g/mol. The first-order chi connectivity index (χ1) is 17.6. The third-order valence-corrected chi connectivity index (χ3v) is 5.95. The van der Waals surface area contributed by atoms with Gasteiger partial charge in [-0.2, -0.15) is 18.3 Å². The molecule has 2 aromatic heterocycles. The molecule has 0 saturated heterocycles. The maximum Gasteiger partial charge on any atom is 0.425 e. The maximum absolute atomic E-state index is 14.8. The number of esters is 1. The molecule has 0 aliphatic rings. The fourth-order valence-corrected chi connectivity index (χ4v) is 4.31. The van der Waals surface area contributed by atoms with Crippen LogP contribution in [0.25, 0.3) is 27.5 Å². The van der Waals surface area contributed by atoms with Crippen LogP contribution in [0.5, 0.6) is 0 Å². The molecule has 0 fully saturated rings. The van der Waals surface area contributed by atoms with E-state index in [1.807, 2.05) is 6.07 Å². The molecule has 8 nitrogen and oxygen atoms in total. The standard InChI is InChI=1S/C26H17F3N4O4/c27-26(28,29)25(36,16-10-11-21-15(12-16)13-32-33(21)17-6-2-1-3-7-17)22-18-8-4-5-9-20(18)31-14-19(22)23(34)37-24(30)35/h1-14,36H,(H2,30,35). The Balaban J connectivity index is 1.79. The number of pyridine rings is 1. The molecule has 1 atom stereocenters. The number of halogens is 3. The molecule has 2 heterocycles. The molecule has 1 amide bonds. The number of carbonyl (C=O) groups is 2. The second kappa shape index (κ2) is 8.71. The summed E-state index contributed by atoms with van der Waals surface area (Å²) in [6, 6.07) is 18.3. The van der Waals surface area contributed by atoms with Crippen LogP contribution in [-0.2, 0) is 10.3 Å². The normalized spacial score (nSPS) is 13.4. The molecule has 5 aromatic rings. The number of aromatic nitrogens is 3. The van der Waals surface area contributed by atoms with Gasteiger partial charge in [-0.3, -0.25) is 4.98 Å². The molecule has 0 aliphatic carbocycles. The van der Waals surface area contributed by atoms with Gasteiger partial charge in [0.1, 0.15) is 0 Å². The number of para-hydroxylation sites is 2. The first-order valence-corrected chi connectivity index (χ1v) is 10.8. The van der Waals surface area contributed by atoms with Crippen molar-refractivity contribution < 1.29 is 32.6 Å². The van der Waals surface area contributed by atoms with E-state index in [1.165, 1.54) is 36.5 Å². The number of hydrogen-bond acceptors (Lipinski definition) is 6. The Morgan fingerprint density at radius 1 is 0.946 bits per heavy atom. The molecule has 3 aromatic carbocycles. The number of fused-ring (bicyclic) bond motifs is 2. The largest absolute Gasteiger partial charge is 0.425 e. The second-order valence-corrected chi connectivity index (χ2v) is 8.15. The van der Waals surface area contributed by atoms with Gasteiger partial charge in [-0.15, -0.1) is 0 Å². The number of ether oxygens (including phenoxy) is 1. The van der Waals surface area contributed by atoms with E-state index in [9.17, 15) is 27.9 Å². The van der Waals surface area contributed by atoms with Gasteiger partial charge in [-0.05, 0) is 35.9 Å². The summed E-state index contributed by atoms with van der Waals surface area (Å²) in [4.78, 5) is 27.8. The third-order valence-electron chi connectivity index (χ3n) is 5.95. The minimum atomic E-state index is -5.32. The first kappa shape index (κ1) is 23.9. The summed E-state index contributed by atoms with van der Waals surface area (Å²) in [5.41, 5.74) is 0.284. The molecule has 0 saturated carbocycles. The summed E-state index contributed by atoms with van der Waals surface area (Å²) in [5, 5.41) is 15.9. The van der Waals surface area contributed by atoms with Crippen LogP contribution < -0.4 is 5.73 Å². The Morgan fingerprint density at radius 2 is 1.65 bits per heavy atom. The van der Waals surface area contributed by atoms with Crippen molar-refractivity contribution in [3.8, 4) is 5.69 Å². The summed E-state index contributed by atoms with van der Waals surface area (Å²) in [7, 11) is 0. The second-order valence-electron chi connectivity index (χ2n) is 8.15. The molecule has 186 valence electrons. The molecule has 3 N–H and O–H groups in total. The van der Waals surface area contributed by atoms with Crippen LogP contribution in [0.2, 0.25) is 0 Å². The molecule has 0 spiro atoms. The zero-order valence-electron chi connectivity index (χ0n) is 18.8. The van der Waals surface area contributed by atoms with E-state index in [1.54, 1.807) is 28.9 Å². The molecule has 0 bridgehead atoms. The fourth-order valence-electron chi connectivity index (χ4n) is 4.31. The van der Waals surface area contributed by atoms with Gasteiger partial charge in [0.05, 0.1) is 28.5 Å². The number of rotatable bonds is 4. The van der Waals surface area contributed by atoms with Crippen molar-refractivity contribution in [3.63, 3.8) is 0 Å². The minimum Gasteiger partial charge on any atom is -0.373 e. The molecule has 0 aliphatic heterocycles. The molecule has 11 heteroatoms. The average Bonchev–Trinajstić information content (AvgIpc) is 3.30. The molecule has 0 radical (unpaired) electrons. The number of carbonyl (C=O) groups excluding carboxylic acids is 2. The highest BCUT2D eigenvalue weighted by Crippen LogP contribution is 2.48. The van der Waals surface area contributed by atoms with E-state index in [0.29, 0.717) is 16.6 Å². The SMILES string of the molecule is NC(=O)OC(=O)c1cnc2ccccc2c1C(O)(c1ccc2c(cnn2-c2ccccc2)c1)C(F)(F)F. The highest BCUT2D eigenvalue weighted by molar-refractivity contribution is 6.02. The van der Waals surface area contributed by atoms with Crippen molar-refractivity contribution in [2.45, 2.75) is 11.8 Å². The number of alkyl halides is 3. The van der Waals surface area contributed by atoms with Gasteiger partial charge in [0.15, 0.2) is 0 Å². The van der Waals surface area contributed by atoms with Crippen molar-refractivity contribution in [3.05, 3.63) is 102 Å². The van der Waals surface area contributed by atoms with E-state index in [-0.39, 0.29) is 10.9 Å². The van der Waals surface area contributed by atoms with Crippen LogP contribution in [0, 0.1) is 0 Å². The number of benzene rings is 3. The van der Waals surface area contributed by atoms with Crippen LogP contribution in [-0.4, -0.2) is 38.1 Å². The number of nitrogens with zero attached hydrogens (tertiary/aromatic N) is 3. The van der Waals surface area contributed by atoms with E-state index in [4.69, 9.17) is 5.73 Å². The van der Waals surface area contributed by atoms with Gasteiger partial charge >= 0.3 is 18.2 Å². The van der Waals surface area contributed by atoms with Crippen molar-refractivity contribution in [2.75, 3.05) is 0 Å². The first-order valence-electron chi connectivity index (χ1n) is 10.8. The lowest BCUT2D eigenvalue weighted by molar-refractivity contribution is -0.247. The van der Waals surface area contributed by atoms with Crippen LogP contribution in [0.3, 0.4) is 0 Å². The summed E-state index contributed by atoms with van der Waals surface area (Å²) in [5.74, 6) is -1.48. The van der Waals surface area contributed by atoms with Gasteiger partial charge in [-0.1, -0.05) is 42.5 Å². The Bertz CT molecular complexity index is 1670. The number of hydrogen-bond donors (Lipinski definition) is 2. The van der Waals surface area contributed by atoms with Crippen LogP contribution in [0.1, 0.15) is 21.5 Å². The summed E-state index contributed by atoms with van der Waals surface area (Å²) in [6.07, 6.45) is -4.65. The van der Waals surface area contributed by atoms with Gasteiger partial charge in [0.2, 0.25) is 5.60 Å². The van der Waals surface area contributed by atoms with Crippen molar-refractivity contribution in [2.24, 2.45) is 5.73 Å². The number of amides is 1.